The van der Waals surface area contributed by atoms with Crippen molar-refractivity contribution in [3.05, 3.63) is 61.2 Å². The first-order valence-corrected chi connectivity index (χ1v) is 13.9. The second-order valence-corrected chi connectivity index (χ2v) is 11.1. The van der Waals surface area contributed by atoms with Gasteiger partial charge in [0.2, 0.25) is 0 Å². The van der Waals surface area contributed by atoms with E-state index >= 15 is 0 Å². The summed E-state index contributed by atoms with van der Waals surface area (Å²) in [4.78, 5) is 11.7. The van der Waals surface area contributed by atoms with Crippen molar-refractivity contribution >= 4 is 51.2 Å². The van der Waals surface area contributed by atoms with Crippen LogP contribution in [0.1, 0.15) is 57.6 Å². The fraction of sp³-hybridized carbons (Fsp3) is 0.500. The van der Waals surface area contributed by atoms with Crippen LogP contribution in [0.3, 0.4) is 0 Å². The monoisotopic (exact) mass is 692 g/mol. The predicted molar refractivity (Wildman–Crippen MR) is 144 cm³/mol. The Labute approximate surface area is 228 Å². The highest BCUT2D eigenvalue weighted by Crippen LogP contribution is 2.46. The Morgan fingerprint density at radius 3 is 2.26 bits per heavy atom. The van der Waals surface area contributed by atoms with E-state index in [-0.39, 0.29) is 30.9 Å². The van der Waals surface area contributed by atoms with Gasteiger partial charge >= 0.3 is 5.97 Å². The summed E-state index contributed by atoms with van der Waals surface area (Å²) in [7, 11) is 0. The molecule has 2 heterocycles. The molecule has 0 aromatic heterocycles. The molecule has 2 unspecified atom stereocenters. The number of hydrogen-bond donors (Lipinski definition) is 0. The van der Waals surface area contributed by atoms with E-state index in [1.54, 1.807) is 13.0 Å². The molecule has 184 valence electrons. The van der Waals surface area contributed by atoms with Crippen molar-refractivity contribution in [2.45, 2.75) is 76.3 Å². The highest BCUT2D eigenvalue weighted by atomic mass is 127. The minimum Gasteiger partial charge on any atom is -0.423 e. The van der Waals surface area contributed by atoms with E-state index < -0.39 is 12.1 Å². The number of benzene rings is 2. The topological polar surface area (TPSA) is 63.2 Å². The lowest BCUT2D eigenvalue weighted by molar-refractivity contribution is -0.193. The first-order valence-electron chi connectivity index (χ1n) is 11.7. The highest BCUT2D eigenvalue weighted by Gasteiger charge is 2.47. The third kappa shape index (κ3) is 6.50. The summed E-state index contributed by atoms with van der Waals surface area (Å²) in [6.45, 7) is 4.14. The number of rotatable bonds is 3. The number of carbonyl (C=O) groups excluding carboxylic acids is 1. The largest absolute Gasteiger partial charge is 0.423 e. The molecule has 2 aromatic rings. The van der Waals surface area contributed by atoms with Gasteiger partial charge in [-0.05, 0) is 95.6 Å². The van der Waals surface area contributed by atoms with E-state index in [1.165, 1.54) is 28.4 Å². The maximum Gasteiger partial charge on any atom is 0.343 e. The standard InChI is InChI=1S/C15H19IO2.C11H11IO4/c1-11-14(12-7-3-4-8-13(12)16)18-15(17-11)9-5-2-6-10-15;1-7-14-6-10(15-7)11(13)16-9-5-3-2-4-8(9)12/h3-4,7-8,11,14H,2,5-6,9-10H2,1H3;2-5,7,10H,6H2,1H3/t11-,14-;/m0./s1. The summed E-state index contributed by atoms with van der Waals surface area (Å²) < 4.78 is 30.3. The Kier molecular flexibility index (Phi) is 9.25. The molecule has 2 saturated heterocycles. The second-order valence-electron chi connectivity index (χ2n) is 8.73. The molecule has 1 aliphatic carbocycles. The van der Waals surface area contributed by atoms with Crippen LogP contribution in [0.15, 0.2) is 48.5 Å². The third-order valence-corrected chi connectivity index (χ3v) is 8.02. The maximum atomic E-state index is 11.7. The van der Waals surface area contributed by atoms with Gasteiger partial charge in [-0.25, -0.2) is 4.79 Å². The molecule has 0 N–H and O–H groups in total. The SMILES string of the molecule is CC1OCC(C(=O)Oc2ccccc2I)O1.C[C@@H]1OC2(CCCCC2)O[C@@H]1c1ccccc1I. The van der Waals surface area contributed by atoms with Crippen LogP contribution in [0.2, 0.25) is 0 Å². The molecule has 0 amide bonds. The summed E-state index contributed by atoms with van der Waals surface area (Å²) in [5.41, 5.74) is 1.27. The van der Waals surface area contributed by atoms with E-state index in [1.807, 2.05) is 18.2 Å². The Bertz CT molecular complexity index is 977. The Balaban J connectivity index is 0.000000162. The number of halogens is 2. The lowest BCUT2D eigenvalue weighted by Gasteiger charge is -2.32. The first kappa shape index (κ1) is 26.3. The minimum absolute atomic E-state index is 0.0937. The van der Waals surface area contributed by atoms with Gasteiger partial charge in [0.25, 0.3) is 0 Å². The average molecular weight is 692 g/mol. The lowest BCUT2D eigenvalue weighted by atomic mass is 9.94. The molecule has 34 heavy (non-hydrogen) atoms. The van der Waals surface area contributed by atoms with Crippen LogP contribution in [0, 0.1) is 7.14 Å². The van der Waals surface area contributed by atoms with Crippen LogP contribution < -0.4 is 4.74 Å². The van der Waals surface area contributed by atoms with Gasteiger partial charge in [0.05, 0.1) is 16.3 Å². The average Bonchev–Trinajstić information content (AvgIpc) is 3.40. The van der Waals surface area contributed by atoms with Gasteiger partial charge in [0.15, 0.2) is 18.2 Å². The molecular formula is C26H30I2O6. The van der Waals surface area contributed by atoms with Crippen molar-refractivity contribution in [3.8, 4) is 5.75 Å². The molecule has 2 aliphatic heterocycles. The summed E-state index contributed by atoms with van der Waals surface area (Å²) in [6.07, 6.45) is 5.16. The van der Waals surface area contributed by atoms with Gasteiger partial charge in [-0.15, -0.1) is 0 Å². The summed E-state index contributed by atoms with van der Waals surface area (Å²) in [5.74, 6) is -0.147. The fourth-order valence-electron chi connectivity index (χ4n) is 4.46. The van der Waals surface area contributed by atoms with Crippen molar-refractivity contribution in [2.24, 2.45) is 0 Å². The smallest absolute Gasteiger partial charge is 0.343 e. The summed E-state index contributed by atoms with van der Waals surface area (Å²) in [5, 5.41) is 0. The molecule has 4 atom stereocenters. The summed E-state index contributed by atoms with van der Waals surface area (Å²) >= 11 is 4.50. The van der Waals surface area contributed by atoms with Crippen molar-refractivity contribution in [1.29, 1.82) is 0 Å². The molecule has 1 spiro atoms. The first-order chi connectivity index (χ1) is 16.4. The van der Waals surface area contributed by atoms with Crippen molar-refractivity contribution in [3.63, 3.8) is 0 Å². The highest BCUT2D eigenvalue weighted by molar-refractivity contribution is 14.1. The number of carbonyl (C=O) groups is 1. The van der Waals surface area contributed by atoms with Gasteiger partial charge in [-0.1, -0.05) is 36.8 Å². The molecule has 0 bridgehead atoms. The van der Waals surface area contributed by atoms with Crippen LogP contribution in [-0.2, 0) is 23.7 Å². The Hall–Kier alpha value is -0.790. The van der Waals surface area contributed by atoms with Crippen LogP contribution in [-0.4, -0.2) is 36.9 Å². The van der Waals surface area contributed by atoms with Gasteiger partial charge in [-0.2, -0.15) is 0 Å². The molecule has 2 aromatic carbocycles. The van der Waals surface area contributed by atoms with Crippen molar-refractivity contribution in [1.82, 2.24) is 0 Å². The van der Waals surface area contributed by atoms with Gasteiger partial charge in [-0.3, -0.25) is 0 Å². The van der Waals surface area contributed by atoms with E-state index in [4.69, 9.17) is 23.7 Å². The number of ether oxygens (including phenoxy) is 5. The number of para-hydroxylation sites is 1. The normalized spacial score (nSPS) is 27.8. The Morgan fingerprint density at radius 2 is 1.62 bits per heavy atom. The van der Waals surface area contributed by atoms with E-state index in [0.717, 1.165) is 16.4 Å². The molecule has 8 heteroatoms. The third-order valence-electron chi connectivity index (χ3n) is 6.14. The lowest BCUT2D eigenvalue weighted by Crippen LogP contribution is -2.33. The quantitative estimate of drug-likeness (QED) is 0.211. The molecular weight excluding hydrogens is 662 g/mol. The molecule has 3 fully saturated rings. The fourth-order valence-corrected chi connectivity index (χ4v) is 5.65. The molecule has 3 aliphatic rings. The van der Waals surface area contributed by atoms with Gasteiger partial charge in [0, 0.05) is 16.4 Å². The number of hydrogen-bond acceptors (Lipinski definition) is 6. The van der Waals surface area contributed by atoms with Gasteiger partial charge < -0.3 is 23.7 Å². The molecule has 6 nitrogen and oxygen atoms in total. The predicted octanol–water partition coefficient (Wildman–Crippen LogP) is 6.39. The molecule has 5 rings (SSSR count). The van der Waals surface area contributed by atoms with E-state index in [2.05, 4.69) is 76.4 Å². The zero-order chi connectivity index (χ0) is 24.1. The zero-order valence-corrected chi connectivity index (χ0v) is 23.7. The second kappa shape index (κ2) is 12.0. The van der Waals surface area contributed by atoms with Crippen molar-refractivity contribution in [2.75, 3.05) is 6.61 Å². The number of esters is 1. The van der Waals surface area contributed by atoms with Gasteiger partial charge in [0.1, 0.15) is 11.9 Å². The van der Waals surface area contributed by atoms with E-state index in [9.17, 15) is 4.79 Å². The summed E-state index contributed by atoms with van der Waals surface area (Å²) in [6, 6.07) is 15.8. The maximum absolute atomic E-state index is 11.7. The molecule has 1 saturated carbocycles. The van der Waals surface area contributed by atoms with E-state index in [0.29, 0.717) is 5.75 Å². The van der Waals surface area contributed by atoms with Crippen LogP contribution >= 0.6 is 45.2 Å². The Morgan fingerprint density at radius 1 is 0.941 bits per heavy atom. The zero-order valence-electron chi connectivity index (χ0n) is 19.4. The molecule has 0 radical (unpaired) electrons. The van der Waals surface area contributed by atoms with Crippen molar-refractivity contribution < 1.29 is 28.5 Å². The van der Waals surface area contributed by atoms with Crippen LogP contribution in [0.4, 0.5) is 0 Å². The minimum atomic E-state index is -0.619. The van der Waals surface area contributed by atoms with Crippen LogP contribution in [0.5, 0.6) is 5.75 Å². The van der Waals surface area contributed by atoms with Crippen LogP contribution in [0.25, 0.3) is 0 Å².